The van der Waals surface area contributed by atoms with Crippen LogP contribution >= 0.6 is 11.3 Å². The lowest BCUT2D eigenvalue weighted by Gasteiger charge is -2.10. The maximum atomic E-state index is 12.4. The topological polar surface area (TPSA) is 42.0 Å². The SMILES string of the molecule is CC1C=C(c2csc(NC(=O)CCc3cccc4ccccc34)n2)C=CC1. The highest BCUT2D eigenvalue weighted by molar-refractivity contribution is 7.14. The molecule has 3 aromatic rings. The molecule has 3 nitrogen and oxygen atoms in total. The molecule has 0 bridgehead atoms. The monoisotopic (exact) mass is 374 g/mol. The Morgan fingerprint density at radius 1 is 1.22 bits per heavy atom. The molecule has 0 aliphatic heterocycles. The van der Waals surface area contributed by atoms with E-state index in [2.05, 4.69) is 65.8 Å². The lowest BCUT2D eigenvalue weighted by molar-refractivity contribution is -0.116. The van der Waals surface area contributed by atoms with Gasteiger partial charge in [0.2, 0.25) is 5.91 Å². The molecule has 0 fully saturated rings. The second kappa shape index (κ2) is 7.89. The third-order valence-corrected chi connectivity index (χ3v) is 5.57. The Hall–Kier alpha value is -2.72. The average molecular weight is 375 g/mol. The molecule has 1 aliphatic rings. The van der Waals surface area contributed by atoms with Gasteiger partial charge in [-0.2, -0.15) is 0 Å². The highest BCUT2D eigenvalue weighted by Gasteiger charge is 2.12. The number of carbonyl (C=O) groups excluding carboxylic acids is 1. The van der Waals surface area contributed by atoms with E-state index < -0.39 is 0 Å². The van der Waals surface area contributed by atoms with Crippen molar-refractivity contribution in [1.82, 2.24) is 4.98 Å². The molecule has 1 N–H and O–H groups in total. The van der Waals surface area contributed by atoms with Crippen LogP contribution in [0, 0.1) is 5.92 Å². The predicted octanol–water partition coefficient (Wildman–Crippen LogP) is 5.85. The summed E-state index contributed by atoms with van der Waals surface area (Å²) < 4.78 is 0. The molecule has 0 spiro atoms. The van der Waals surface area contributed by atoms with Gasteiger partial charge >= 0.3 is 0 Å². The van der Waals surface area contributed by atoms with Crippen LogP contribution in [-0.4, -0.2) is 10.9 Å². The minimum Gasteiger partial charge on any atom is -0.302 e. The van der Waals surface area contributed by atoms with E-state index in [1.54, 1.807) is 0 Å². The van der Waals surface area contributed by atoms with Crippen molar-refractivity contribution < 1.29 is 4.79 Å². The normalized spacial score (nSPS) is 16.3. The summed E-state index contributed by atoms with van der Waals surface area (Å²) in [6.07, 6.45) is 8.77. The summed E-state index contributed by atoms with van der Waals surface area (Å²) in [6, 6.07) is 14.5. The van der Waals surface area contributed by atoms with Gasteiger partial charge in [0.15, 0.2) is 5.13 Å². The predicted molar refractivity (Wildman–Crippen MR) is 114 cm³/mol. The van der Waals surface area contributed by atoms with Gasteiger partial charge in [-0.15, -0.1) is 11.3 Å². The molecule has 1 aromatic heterocycles. The average Bonchev–Trinajstić information content (AvgIpc) is 3.15. The van der Waals surface area contributed by atoms with Crippen molar-refractivity contribution in [3.8, 4) is 0 Å². The van der Waals surface area contributed by atoms with Gasteiger partial charge in [0.25, 0.3) is 0 Å². The van der Waals surface area contributed by atoms with Gasteiger partial charge in [-0.05, 0) is 40.7 Å². The number of allylic oxidation sites excluding steroid dienone is 4. The Morgan fingerprint density at radius 3 is 2.96 bits per heavy atom. The zero-order chi connectivity index (χ0) is 18.6. The van der Waals surface area contributed by atoms with Crippen LogP contribution in [0.25, 0.3) is 16.3 Å². The molecule has 4 heteroatoms. The maximum Gasteiger partial charge on any atom is 0.226 e. The summed E-state index contributed by atoms with van der Waals surface area (Å²) in [7, 11) is 0. The molecule has 0 saturated carbocycles. The molecule has 1 heterocycles. The van der Waals surface area contributed by atoms with Crippen molar-refractivity contribution >= 4 is 38.7 Å². The summed E-state index contributed by atoms with van der Waals surface area (Å²) in [5.41, 5.74) is 3.28. The first-order chi connectivity index (χ1) is 13.2. The molecule has 4 rings (SSSR count). The fraction of sp³-hybridized carbons (Fsp3) is 0.217. The summed E-state index contributed by atoms with van der Waals surface area (Å²) in [5.74, 6) is 0.538. The minimum atomic E-state index is 0.00497. The Labute approximate surface area is 163 Å². The van der Waals surface area contributed by atoms with E-state index in [0.717, 1.165) is 24.1 Å². The third kappa shape index (κ3) is 4.17. The molecule has 2 aromatic carbocycles. The maximum absolute atomic E-state index is 12.4. The Bertz CT molecular complexity index is 1030. The summed E-state index contributed by atoms with van der Waals surface area (Å²) in [4.78, 5) is 17.0. The van der Waals surface area contributed by atoms with Crippen molar-refractivity contribution in [3.05, 3.63) is 77.3 Å². The standard InChI is InChI=1S/C23H22N2OS/c1-16-6-4-10-19(14-16)21-15-27-23(24-21)25-22(26)13-12-18-9-5-8-17-7-2-3-11-20(17)18/h2-5,7-11,14-16H,6,12-13H2,1H3,(H,24,25,26). The first-order valence-corrected chi connectivity index (χ1v) is 10.2. The smallest absolute Gasteiger partial charge is 0.226 e. The Kier molecular flexibility index (Phi) is 5.16. The van der Waals surface area contributed by atoms with Crippen LogP contribution < -0.4 is 5.32 Å². The van der Waals surface area contributed by atoms with E-state index in [0.29, 0.717) is 17.5 Å². The van der Waals surface area contributed by atoms with E-state index in [9.17, 15) is 4.79 Å². The Balaban J connectivity index is 1.39. The van der Waals surface area contributed by atoms with Crippen molar-refractivity contribution in [3.63, 3.8) is 0 Å². The number of carbonyl (C=O) groups is 1. The van der Waals surface area contributed by atoms with Crippen molar-refractivity contribution in [1.29, 1.82) is 0 Å². The van der Waals surface area contributed by atoms with Crippen LogP contribution in [0.15, 0.2) is 66.1 Å². The van der Waals surface area contributed by atoms with Gasteiger partial charge < -0.3 is 5.32 Å². The number of hydrogen-bond donors (Lipinski definition) is 1. The van der Waals surface area contributed by atoms with Crippen molar-refractivity contribution in [2.75, 3.05) is 5.32 Å². The minimum absolute atomic E-state index is 0.00497. The molecule has 0 saturated heterocycles. The number of fused-ring (bicyclic) bond motifs is 1. The molecule has 27 heavy (non-hydrogen) atoms. The number of aryl methyl sites for hydroxylation is 1. The highest BCUT2D eigenvalue weighted by atomic mass is 32.1. The van der Waals surface area contributed by atoms with Crippen LogP contribution in [0.3, 0.4) is 0 Å². The molecule has 1 amide bonds. The molecular formula is C23H22N2OS. The number of benzene rings is 2. The fourth-order valence-electron chi connectivity index (χ4n) is 3.41. The molecule has 1 atom stereocenters. The number of thiazole rings is 1. The lowest BCUT2D eigenvalue weighted by Crippen LogP contribution is -2.12. The van der Waals surface area contributed by atoms with Gasteiger partial charge in [0.05, 0.1) is 5.69 Å². The number of amides is 1. The number of nitrogens with zero attached hydrogens (tertiary/aromatic N) is 1. The molecular weight excluding hydrogens is 352 g/mol. The van der Waals surface area contributed by atoms with Crippen LogP contribution in [0.4, 0.5) is 5.13 Å². The van der Waals surface area contributed by atoms with Gasteiger partial charge in [0, 0.05) is 11.8 Å². The van der Waals surface area contributed by atoms with Gasteiger partial charge in [-0.3, -0.25) is 4.79 Å². The lowest BCUT2D eigenvalue weighted by atomic mass is 9.97. The zero-order valence-electron chi connectivity index (χ0n) is 15.3. The first-order valence-electron chi connectivity index (χ1n) is 9.30. The largest absolute Gasteiger partial charge is 0.302 e. The number of nitrogens with one attached hydrogen (secondary N) is 1. The van der Waals surface area contributed by atoms with Crippen molar-refractivity contribution in [2.24, 2.45) is 5.92 Å². The number of rotatable bonds is 5. The first kappa shape index (κ1) is 17.7. The number of hydrogen-bond acceptors (Lipinski definition) is 3. The molecule has 1 unspecified atom stereocenters. The van der Waals surface area contributed by atoms with Crippen LogP contribution in [0.5, 0.6) is 0 Å². The summed E-state index contributed by atoms with van der Waals surface area (Å²) in [6.45, 7) is 2.20. The van der Waals surface area contributed by atoms with Gasteiger partial charge in [0.1, 0.15) is 0 Å². The summed E-state index contributed by atoms with van der Waals surface area (Å²) >= 11 is 1.48. The molecule has 0 radical (unpaired) electrons. The molecule has 1 aliphatic carbocycles. The van der Waals surface area contributed by atoms with Crippen LogP contribution in [-0.2, 0) is 11.2 Å². The van der Waals surface area contributed by atoms with Gasteiger partial charge in [-0.1, -0.05) is 67.6 Å². The van der Waals surface area contributed by atoms with E-state index in [1.165, 1.54) is 27.7 Å². The van der Waals surface area contributed by atoms with Gasteiger partial charge in [-0.25, -0.2) is 4.98 Å². The van der Waals surface area contributed by atoms with Crippen LogP contribution in [0.2, 0.25) is 0 Å². The number of aromatic nitrogens is 1. The fourth-order valence-corrected chi connectivity index (χ4v) is 4.15. The number of anilines is 1. The zero-order valence-corrected chi connectivity index (χ0v) is 16.1. The Morgan fingerprint density at radius 2 is 2.07 bits per heavy atom. The summed E-state index contributed by atoms with van der Waals surface area (Å²) in [5, 5.41) is 8.05. The van der Waals surface area contributed by atoms with E-state index in [1.807, 2.05) is 17.5 Å². The van der Waals surface area contributed by atoms with Crippen LogP contribution in [0.1, 0.15) is 31.0 Å². The van der Waals surface area contributed by atoms with E-state index in [-0.39, 0.29) is 5.91 Å². The van der Waals surface area contributed by atoms with E-state index >= 15 is 0 Å². The second-order valence-corrected chi connectivity index (χ2v) is 7.82. The van der Waals surface area contributed by atoms with Crippen molar-refractivity contribution in [2.45, 2.75) is 26.2 Å². The van der Waals surface area contributed by atoms with E-state index in [4.69, 9.17) is 0 Å². The second-order valence-electron chi connectivity index (χ2n) is 6.96. The highest BCUT2D eigenvalue weighted by Crippen LogP contribution is 2.27. The molecule has 136 valence electrons. The quantitative estimate of drug-likeness (QED) is 0.609. The third-order valence-electron chi connectivity index (χ3n) is 4.82.